The molecule has 0 atom stereocenters. The lowest BCUT2D eigenvalue weighted by molar-refractivity contribution is -0.116. The molecular formula is C15H13N3O. The molecule has 0 bridgehead atoms. The highest BCUT2D eigenvalue weighted by Crippen LogP contribution is 2.23. The molecule has 0 spiro atoms. The first kappa shape index (κ1) is 11.6. The van der Waals surface area contributed by atoms with Gasteiger partial charge in [-0.05, 0) is 12.1 Å². The fraction of sp³-hybridized carbons (Fsp3) is 0.133. The number of rotatable bonds is 1. The van der Waals surface area contributed by atoms with E-state index in [1.54, 1.807) is 18.1 Å². The van der Waals surface area contributed by atoms with Crippen LogP contribution in [0.4, 0.5) is 5.69 Å². The maximum Gasteiger partial charge on any atom is 0.248 e. The van der Waals surface area contributed by atoms with Crippen molar-refractivity contribution in [2.24, 2.45) is 4.99 Å². The topological polar surface area (TPSA) is 45.6 Å². The number of aliphatic imine (C=N–C) groups is 1. The quantitative estimate of drug-likeness (QED) is 0.777. The Morgan fingerprint density at radius 2 is 1.89 bits per heavy atom. The van der Waals surface area contributed by atoms with Gasteiger partial charge in [-0.2, -0.15) is 0 Å². The average molecular weight is 251 g/mol. The molecule has 3 rings (SSSR count). The van der Waals surface area contributed by atoms with Crippen LogP contribution >= 0.6 is 0 Å². The summed E-state index contributed by atoms with van der Waals surface area (Å²) in [5.41, 5.74) is 3.30. The zero-order chi connectivity index (χ0) is 13.2. The standard InChI is InChI=1S/C15H13N3O/c1-18-12-8-5-9-16-15(12)14(17-10-13(18)19)11-6-3-2-4-7-11/h2-9H,10H2,1H3. The molecule has 1 aromatic carbocycles. The fourth-order valence-electron chi connectivity index (χ4n) is 2.14. The van der Waals surface area contributed by atoms with Gasteiger partial charge in [0.05, 0.1) is 11.4 Å². The first-order valence-corrected chi connectivity index (χ1v) is 6.09. The van der Waals surface area contributed by atoms with Gasteiger partial charge in [0.1, 0.15) is 12.2 Å². The van der Waals surface area contributed by atoms with Crippen molar-refractivity contribution >= 4 is 17.3 Å². The predicted octanol–water partition coefficient (Wildman–Crippen LogP) is 1.90. The maximum atomic E-state index is 11.9. The molecule has 94 valence electrons. The van der Waals surface area contributed by atoms with Crippen molar-refractivity contribution in [2.45, 2.75) is 0 Å². The second-order valence-corrected chi connectivity index (χ2v) is 4.35. The lowest BCUT2D eigenvalue weighted by Crippen LogP contribution is -2.27. The summed E-state index contributed by atoms with van der Waals surface area (Å²) in [7, 11) is 1.76. The van der Waals surface area contributed by atoms with Crippen LogP contribution in [0.25, 0.3) is 0 Å². The molecule has 4 heteroatoms. The van der Waals surface area contributed by atoms with Crippen LogP contribution in [0.2, 0.25) is 0 Å². The normalized spacial score (nSPS) is 14.7. The fourth-order valence-corrected chi connectivity index (χ4v) is 2.14. The van der Waals surface area contributed by atoms with Crippen LogP contribution in [0, 0.1) is 0 Å². The molecule has 0 unspecified atom stereocenters. The number of benzene rings is 1. The predicted molar refractivity (Wildman–Crippen MR) is 74.6 cm³/mol. The van der Waals surface area contributed by atoms with E-state index in [4.69, 9.17) is 0 Å². The first-order valence-electron chi connectivity index (χ1n) is 6.09. The Hall–Kier alpha value is -2.49. The lowest BCUT2D eigenvalue weighted by Gasteiger charge is -2.16. The van der Waals surface area contributed by atoms with Crippen LogP contribution in [0.15, 0.2) is 53.7 Å². The van der Waals surface area contributed by atoms with Crippen molar-refractivity contribution in [1.29, 1.82) is 0 Å². The van der Waals surface area contributed by atoms with Crippen LogP contribution in [-0.4, -0.2) is 30.2 Å². The van der Waals surface area contributed by atoms with Crippen molar-refractivity contribution < 1.29 is 4.79 Å². The van der Waals surface area contributed by atoms with Crippen LogP contribution in [0.1, 0.15) is 11.3 Å². The van der Waals surface area contributed by atoms with Crippen LogP contribution in [0.3, 0.4) is 0 Å². The third-order valence-electron chi connectivity index (χ3n) is 3.17. The van der Waals surface area contributed by atoms with Crippen molar-refractivity contribution in [2.75, 3.05) is 18.5 Å². The summed E-state index contributed by atoms with van der Waals surface area (Å²) >= 11 is 0. The Morgan fingerprint density at radius 1 is 1.11 bits per heavy atom. The first-order chi connectivity index (χ1) is 9.27. The van der Waals surface area contributed by atoms with Gasteiger partial charge < -0.3 is 4.90 Å². The van der Waals surface area contributed by atoms with Crippen LogP contribution in [-0.2, 0) is 4.79 Å². The molecule has 0 saturated heterocycles. The molecule has 2 aromatic rings. The van der Waals surface area contributed by atoms with Crippen LogP contribution < -0.4 is 4.90 Å². The van der Waals surface area contributed by atoms with E-state index in [9.17, 15) is 4.79 Å². The Balaban J connectivity index is 2.20. The highest BCUT2D eigenvalue weighted by atomic mass is 16.2. The largest absolute Gasteiger partial charge is 0.312 e. The average Bonchev–Trinajstić information content (AvgIpc) is 2.59. The molecule has 0 aliphatic carbocycles. The van der Waals surface area contributed by atoms with Crippen LogP contribution in [0.5, 0.6) is 0 Å². The van der Waals surface area contributed by atoms with Gasteiger partial charge in [-0.25, -0.2) is 0 Å². The minimum atomic E-state index is -0.0276. The van der Waals surface area contributed by atoms with Gasteiger partial charge in [0.25, 0.3) is 0 Å². The second kappa shape index (κ2) is 4.65. The molecule has 0 saturated carbocycles. The smallest absolute Gasteiger partial charge is 0.248 e. The summed E-state index contributed by atoms with van der Waals surface area (Å²) < 4.78 is 0. The Morgan fingerprint density at radius 3 is 2.68 bits per heavy atom. The number of likely N-dealkylation sites (N-methyl/N-ethyl adjacent to an activating group) is 1. The van der Waals surface area contributed by atoms with Gasteiger partial charge in [0, 0.05) is 18.8 Å². The third kappa shape index (κ3) is 2.01. The highest BCUT2D eigenvalue weighted by molar-refractivity contribution is 6.18. The minimum absolute atomic E-state index is 0.0276. The molecule has 0 radical (unpaired) electrons. The monoisotopic (exact) mass is 251 g/mol. The number of carbonyl (C=O) groups excluding carboxylic acids is 1. The second-order valence-electron chi connectivity index (χ2n) is 4.35. The van der Waals surface area contributed by atoms with E-state index < -0.39 is 0 Å². The summed E-state index contributed by atoms with van der Waals surface area (Å²) in [6.07, 6.45) is 1.72. The Labute approximate surface area is 111 Å². The molecule has 1 aliphatic rings. The molecular weight excluding hydrogens is 238 g/mol. The molecule has 0 fully saturated rings. The Kier molecular flexibility index (Phi) is 2.83. The van der Waals surface area contributed by atoms with Gasteiger partial charge in [-0.1, -0.05) is 30.3 Å². The summed E-state index contributed by atoms with van der Waals surface area (Å²) in [6.45, 7) is 0.150. The number of amides is 1. The van der Waals surface area contributed by atoms with E-state index in [1.807, 2.05) is 42.5 Å². The van der Waals surface area contributed by atoms with Crippen molar-refractivity contribution in [3.05, 3.63) is 59.9 Å². The van der Waals surface area contributed by atoms with Gasteiger partial charge in [-0.15, -0.1) is 0 Å². The molecule has 0 N–H and O–H groups in total. The van der Waals surface area contributed by atoms with Crippen molar-refractivity contribution in [3.8, 4) is 0 Å². The van der Waals surface area contributed by atoms with Gasteiger partial charge in [0.2, 0.25) is 5.91 Å². The Bertz CT molecular complexity index is 649. The van der Waals surface area contributed by atoms with E-state index in [0.29, 0.717) is 0 Å². The number of hydrogen-bond donors (Lipinski definition) is 0. The zero-order valence-electron chi connectivity index (χ0n) is 10.6. The number of hydrogen-bond acceptors (Lipinski definition) is 3. The number of pyridine rings is 1. The van der Waals surface area contributed by atoms with Gasteiger partial charge in [-0.3, -0.25) is 14.8 Å². The number of carbonyl (C=O) groups is 1. The number of anilines is 1. The maximum absolute atomic E-state index is 11.9. The van der Waals surface area contributed by atoms with Gasteiger partial charge in [0.15, 0.2) is 0 Å². The molecule has 2 heterocycles. The molecule has 1 aliphatic heterocycles. The van der Waals surface area contributed by atoms with Crippen molar-refractivity contribution in [3.63, 3.8) is 0 Å². The molecule has 1 aromatic heterocycles. The van der Waals surface area contributed by atoms with Gasteiger partial charge >= 0.3 is 0 Å². The number of nitrogens with zero attached hydrogens (tertiary/aromatic N) is 3. The SMILES string of the molecule is CN1C(=O)CN=C(c2ccccc2)c2ncccc21. The lowest BCUT2D eigenvalue weighted by atomic mass is 10.1. The number of fused-ring (bicyclic) bond motifs is 1. The summed E-state index contributed by atoms with van der Waals surface area (Å²) in [4.78, 5) is 22.4. The van der Waals surface area contributed by atoms with E-state index >= 15 is 0 Å². The minimum Gasteiger partial charge on any atom is -0.312 e. The van der Waals surface area contributed by atoms with E-state index in [1.165, 1.54) is 0 Å². The molecule has 4 nitrogen and oxygen atoms in total. The third-order valence-corrected chi connectivity index (χ3v) is 3.17. The number of aromatic nitrogens is 1. The van der Waals surface area contributed by atoms with E-state index in [0.717, 1.165) is 22.7 Å². The summed E-state index contributed by atoms with van der Waals surface area (Å²) in [5, 5.41) is 0. The van der Waals surface area contributed by atoms with E-state index in [2.05, 4.69) is 9.98 Å². The molecule has 1 amide bonds. The molecule has 19 heavy (non-hydrogen) atoms. The van der Waals surface area contributed by atoms with E-state index in [-0.39, 0.29) is 12.5 Å². The zero-order valence-corrected chi connectivity index (χ0v) is 10.6. The summed E-state index contributed by atoms with van der Waals surface area (Å²) in [6, 6.07) is 13.5. The highest BCUT2D eigenvalue weighted by Gasteiger charge is 2.22. The van der Waals surface area contributed by atoms with Crippen molar-refractivity contribution in [1.82, 2.24) is 4.98 Å². The summed E-state index contributed by atoms with van der Waals surface area (Å²) in [5.74, 6) is -0.0276.